The minimum atomic E-state index is -0.0204. The molecule has 0 atom stereocenters. The van der Waals surface area contributed by atoms with E-state index in [1.54, 1.807) is 0 Å². The molecular formula is C22H29N3OS. The largest absolute Gasteiger partial charge is 0.356 e. The van der Waals surface area contributed by atoms with E-state index in [0.29, 0.717) is 10.6 Å². The van der Waals surface area contributed by atoms with Crippen molar-refractivity contribution in [1.82, 2.24) is 0 Å². The quantitative estimate of drug-likeness (QED) is 0.634. The number of anilines is 2. The monoisotopic (exact) mass is 383 g/mol. The topological polar surface area (TPSA) is 56.1 Å². The van der Waals surface area contributed by atoms with Gasteiger partial charge in [-0.1, -0.05) is 55.5 Å². The van der Waals surface area contributed by atoms with Crippen molar-refractivity contribution in [3.05, 3.63) is 47.0 Å². The van der Waals surface area contributed by atoms with Crippen molar-refractivity contribution in [2.75, 3.05) is 10.2 Å². The molecule has 0 aliphatic carbocycles. The first-order chi connectivity index (χ1) is 12.9. The molecule has 0 radical (unpaired) electrons. The van der Waals surface area contributed by atoms with Gasteiger partial charge in [0.25, 0.3) is 0 Å². The summed E-state index contributed by atoms with van der Waals surface area (Å²) < 4.78 is 0. The van der Waals surface area contributed by atoms with Crippen LogP contribution in [0.25, 0.3) is 0 Å². The molecule has 0 unspecified atom stereocenters. The number of carbonyl (C=O) groups is 1. The van der Waals surface area contributed by atoms with E-state index in [0.717, 1.165) is 30.0 Å². The van der Waals surface area contributed by atoms with Gasteiger partial charge in [-0.15, -0.1) is 0 Å². The number of nitrogens with one attached hydrogen (secondary N) is 1. The van der Waals surface area contributed by atoms with E-state index in [9.17, 15) is 10.1 Å². The summed E-state index contributed by atoms with van der Waals surface area (Å²) in [6.07, 6.45) is 1.60. The number of hydrogen-bond donors (Lipinski definition) is 1. The van der Waals surface area contributed by atoms with Crippen LogP contribution in [-0.4, -0.2) is 11.9 Å². The van der Waals surface area contributed by atoms with Gasteiger partial charge in [-0.25, -0.2) is 0 Å². The molecule has 2 aromatic rings. The van der Waals surface area contributed by atoms with E-state index in [2.05, 4.69) is 42.3 Å². The molecule has 0 saturated carbocycles. The SMILES string of the molecule is CCC(CC)C(=O)Nc1sc(N(Cc2ccccc2)C(C)C)c(C)c1C#N. The van der Waals surface area contributed by atoms with Crippen molar-refractivity contribution in [3.8, 4) is 6.07 Å². The third kappa shape index (κ3) is 4.90. The predicted octanol–water partition coefficient (Wildman–Crippen LogP) is 5.72. The highest BCUT2D eigenvalue weighted by molar-refractivity contribution is 7.20. The van der Waals surface area contributed by atoms with Crippen molar-refractivity contribution in [1.29, 1.82) is 5.26 Å². The van der Waals surface area contributed by atoms with E-state index in [-0.39, 0.29) is 17.9 Å². The highest BCUT2D eigenvalue weighted by Crippen LogP contribution is 2.41. The molecule has 144 valence electrons. The van der Waals surface area contributed by atoms with E-state index in [4.69, 9.17) is 0 Å². The fourth-order valence-corrected chi connectivity index (χ4v) is 4.43. The van der Waals surface area contributed by atoms with Crippen LogP contribution in [0.5, 0.6) is 0 Å². The normalized spacial score (nSPS) is 10.9. The summed E-state index contributed by atoms with van der Waals surface area (Å²) in [5, 5.41) is 14.4. The van der Waals surface area contributed by atoms with Gasteiger partial charge in [-0.05, 0) is 39.2 Å². The number of rotatable bonds is 8. The van der Waals surface area contributed by atoms with Gasteiger partial charge < -0.3 is 10.2 Å². The lowest BCUT2D eigenvalue weighted by Crippen LogP contribution is -2.29. The number of thiophene rings is 1. The first-order valence-electron chi connectivity index (χ1n) is 9.57. The second-order valence-electron chi connectivity index (χ2n) is 7.06. The van der Waals surface area contributed by atoms with Crippen molar-refractivity contribution in [3.63, 3.8) is 0 Å². The van der Waals surface area contributed by atoms with Crippen molar-refractivity contribution >= 4 is 27.2 Å². The zero-order valence-electron chi connectivity index (χ0n) is 16.9. The number of benzene rings is 1. The van der Waals surface area contributed by atoms with Crippen molar-refractivity contribution in [2.45, 2.75) is 60.0 Å². The minimum absolute atomic E-state index is 0.00320. The highest BCUT2D eigenvalue weighted by Gasteiger charge is 2.24. The van der Waals surface area contributed by atoms with Crippen LogP contribution in [0, 0.1) is 24.2 Å². The molecule has 2 rings (SSSR count). The Hall–Kier alpha value is -2.32. The summed E-state index contributed by atoms with van der Waals surface area (Å²) in [4.78, 5) is 14.8. The predicted molar refractivity (Wildman–Crippen MR) is 114 cm³/mol. The third-order valence-electron chi connectivity index (χ3n) is 4.91. The molecule has 0 fully saturated rings. The molecular weight excluding hydrogens is 354 g/mol. The molecule has 27 heavy (non-hydrogen) atoms. The van der Waals surface area contributed by atoms with Crippen LogP contribution in [0.1, 0.15) is 57.2 Å². The lowest BCUT2D eigenvalue weighted by Gasteiger charge is -2.28. The van der Waals surface area contributed by atoms with Crippen LogP contribution < -0.4 is 10.2 Å². The van der Waals surface area contributed by atoms with Gasteiger partial charge in [-0.2, -0.15) is 5.26 Å². The molecule has 0 saturated heterocycles. The highest BCUT2D eigenvalue weighted by atomic mass is 32.1. The Balaban J connectivity index is 2.37. The Kier molecular flexibility index (Phi) is 7.44. The summed E-state index contributed by atoms with van der Waals surface area (Å²) in [6.45, 7) is 11.1. The first-order valence-corrected chi connectivity index (χ1v) is 10.4. The molecule has 0 spiro atoms. The number of amides is 1. The maximum Gasteiger partial charge on any atom is 0.228 e. The van der Waals surface area contributed by atoms with Gasteiger partial charge in [-0.3, -0.25) is 4.79 Å². The van der Waals surface area contributed by atoms with Gasteiger partial charge in [0, 0.05) is 24.1 Å². The Bertz CT molecular complexity index is 801. The Labute approximate surface area is 166 Å². The minimum Gasteiger partial charge on any atom is -0.356 e. The number of nitriles is 1. The fourth-order valence-electron chi connectivity index (χ4n) is 3.14. The van der Waals surface area contributed by atoms with Crippen LogP contribution in [0.2, 0.25) is 0 Å². The van der Waals surface area contributed by atoms with Gasteiger partial charge in [0.1, 0.15) is 11.1 Å². The summed E-state index contributed by atoms with van der Waals surface area (Å²) in [7, 11) is 0. The molecule has 1 aromatic carbocycles. The summed E-state index contributed by atoms with van der Waals surface area (Å²) in [5.74, 6) is -0.0172. The Morgan fingerprint density at radius 2 is 1.85 bits per heavy atom. The van der Waals surface area contributed by atoms with Gasteiger partial charge in [0.05, 0.1) is 10.6 Å². The number of nitrogens with zero attached hydrogens (tertiary/aromatic N) is 2. The number of hydrogen-bond acceptors (Lipinski definition) is 4. The molecule has 1 heterocycles. The molecule has 1 N–H and O–H groups in total. The second-order valence-corrected chi connectivity index (χ2v) is 8.06. The molecule has 1 aromatic heterocycles. The zero-order valence-corrected chi connectivity index (χ0v) is 17.7. The Morgan fingerprint density at radius 3 is 2.37 bits per heavy atom. The molecule has 4 nitrogen and oxygen atoms in total. The standard InChI is InChI=1S/C22H29N3OS/c1-6-18(7-2)20(26)24-21-19(13-23)16(5)22(27-21)25(15(3)4)14-17-11-9-8-10-12-17/h8-12,15,18H,6-7,14H2,1-5H3,(H,24,26). The van der Waals surface area contributed by atoms with Crippen LogP contribution in [-0.2, 0) is 11.3 Å². The van der Waals surface area contributed by atoms with E-state index < -0.39 is 0 Å². The van der Waals surface area contributed by atoms with Gasteiger partial charge in [0.2, 0.25) is 5.91 Å². The third-order valence-corrected chi connectivity index (χ3v) is 6.15. The maximum atomic E-state index is 12.5. The van der Waals surface area contributed by atoms with Crippen molar-refractivity contribution < 1.29 is 4.79 Å². The summed E-state index contributed by atoms with van der Waals surface area (Å²) in [6, 6.07) is 12.9. The lowest BCUT2D eigenvalue weighted by molar-refractivity contribution is -0.120. The average Bonchev–Trinajstić information content (AvgIpc) is 2.96. The Morgan fingerprint density at radius 1 is 1.22 bits per heavy atom. The fraction of sp³-hybridized carbons (Fsp3) is 0.455. The lowest BCUT2D eigenvalue weighted by atomic mass is 10.0. The second kappa shape index (κ2) is 9.57. The molecule has 5 heteroatoms. The molecule has 0 bridgehead atoms. The van der Waals surface area contributed by atoms with E-state index in [1.807, 2.05) is 39.0 Å². The van der Waals surface area contributed by atoms with Crippen LogP contribution in [0.15, 0.2) is 30.3 Å². The summed E-state index contributed by atoms with van der Waals surface area (Å²) >= 11 is 1.50. The van der Waals surface area contributed by atoms with Crippen LogP contribution in [0.3, 0.4) is 0 Å². The van der Waals surface area contributed by atoms with Crippen LogP contribution in [0.4, 0.5) is 10.0 Å². The number of carbonyl (C=O) groups excluding carboxylic acids is 1. The smallest absolute Gasteiger partial charge is 0.228 e. The molecule has 0 aliphatic heterocycles. The van der Waals surface area contributed by atoms with Crippen molar-refractivity contribution in [2.24, 2.45) is 5.92 Å². The first kappa shape index (κ1) is 21.0. The van der Waals surface area contributed by atoms with Gasteiger partial charge >= 0.3 is 0 Å². The summed E-state index contributed by atoms with van der Waals surface area (Å²) in [5.41, 5.74) is 2.74. The molecule has 0 aliphatic rings. The van der Waals surface area contributed by atoms with Gasteiger partial charge in [0.15, 0.2) is 0 Å². The molecule has 1 amide bonds. The van der Waals surface area contributed by atoms with E-state index in [1.165, 1.54) is 16.9 Å². The van der Waals surface area contributed by atoms with E-state index >= 15 is 0 Å². The maximum absolute atomic E-state index is 12.5. The zero-order chi connectivity index (χ0) is 20.0. The van der Waals surface area contributed by atoms with Crippen LogP contribution >= 0.6 is 11.3 Å². The average molecular weight is 384 g/mol.